The van der Waals surface area contributed by atoms with E-state index in [1.54, 1.807) is 12.1 Å². The summed E-state index contributed by atoms with van der Waals surface area (Å²) in [5, 5.41) is 3.16. The lowest BCUT2D eigenvalue weighted by molar-refractivity contribution is 0.625. The van der Waals surface area contributed by atoms with E-state index in [9.17, 15) is 8.78 Å². The van der Waals surface area contributed by atoms with Crippen LogP contribution < -0.4 is 11.1 Å². The summed E-state index contributed by atoms with van der Waals surface area (Å²) in [6, 6.07) is 10.6. The lowest BCUT2D eigenvalue weighted by Gasteiger charge is -2.17. The van der Waals surface area contributed by atoms with Gasteiger partial charge in [-0.25, -0.2) is 8.78 Å². The van der Waals surface area contributed by atoms with Crippen LogP contribution >= 0.6 is 0 Å². The number of nitrogens with one attached hydrogen (secondary N) is 1. The van der Waals surface area contributed by atoms with E-state index in [1.165, 1.54) is 30.3 Å². The molecule has 0 heterocycles. The van der Waals surface area contributed by atoms with Gasteiger partial charge in [0, 0.05) is 6.04 Å². The molecule has 0 aromatic heterocycles. The molecule has 2 rings (SSSR count). The Balaban J connectivity index is 2.02. The van der Waals surface area contributed by atoms with Crippen LogP contribution in [0.2, 0.25) is 0 Å². The fraction of sp³-hybridized carbons (Fsp3) is 0.200. The molecule has 19 heavy (non-hydrogen) atoms. The van der Waals surface area contributed by atoms with E-state index in [2.05, 4.69) is 5.32 Å². The van der Waals surface area contributed by atoms with Crippen molar-refractivity contribution in [3.63, 3.8) is 0 Å². The van der Waals surface area contributed by atoms with E-state index in [0.717, 1.165) is 5.56 Å². The summed E-state index contributed by atoms with van der Waals surface area (Å²) in [5.41, 5.74) is 7.87. The Hall–Kier alpha value is -2.10. The van der Waals surface area contributed by atoms with Crippen LogP contribution in [0, 0.1) is 11.6 Å². The molecule has 1 atom stereocenters. The second-order valence-electron chi connectivity index (χ2n) is 4.61. The minimum atomic E-state index is -0.328. The molecule has 4 heteroatoms. The third-order valence-electron chi connectivity index (χ3n) is 2.87. The number of halogens is 2. The van der Waals surface area contributed by atoms with Gasteiger partial charge in [0.25, 0.3) is 0 Å². The average molecular weight is 262 g/mol. The maximum Gasteiger partial charge on any atom is 0.125 e. The van der Waals surface area contributed by atoms with Gasteiger partial charge in [0.05, 0.1) is 11.4 Å². The molecular weight excluding hydrogens is 246 g/mol. The van der Waals surface area contributed by atoms with Gasteiger partial charge in [-0.1, -0.05) is 12.1 Å². The molecule has 100 valence electrons. The van der Waals surface area contributed by atoms with E-state index in [4.69, 9.17) is 5.73 Å². The lowest BCUT2D eigenvalue weighted by Crippen LogP contribution is -2.19. The topological polar surface area (TPSA) is 38.0 Å². The Kier molecular flexibility index (Phi) is 4.00. The van der Waals surface area contributed by atoms with Gasteiger partial charge in [-0.3, -0.25) is 0 Å². The van der Waals surface area contributed by atoms with Crippen molar-refractivity contribution in [1.29, 1.82) is 0 Å². The predicted octanol–water partition coefficient (Wildman–Crippen LogP) is 3.59. The zero-order chi connectivity index (χ0) is 13.8. The predicted molar refractivity (Wildman–Crippen MR) is 74.0 cm³/mol. The standard InChI is InChI=1S/C15H16F2N2/c1-10(8-11-2-4-12(16)5-3-11)19-15-9-13(17)6-7-14(15)18/h2-7,9-10,19H,8,18H2,1H3. The average Bonchev–Trinajstić information content (AvgIpc) is 2.37. The monoisotopic (exact) mass is 262 g/mol. The van der Waals surface area contributed by atoms with Crippen LogP contribution in [0.1, 0.15) is 12.5 Å². The molecule has 0 aliphatic heterocycles. The van der Waals surface area contributed by atoms with Gasteiger partial charge < -0.3 is 11.1 Å². The number of benzene rings is 2. The molecule has 0 bridgehead atoms. The van der Waals surface area contributed by atoms with Gasteiger partial charge in [0.2, 0.25) is 0 Å². The highest BCUT2D eigenvalue weighted by atomic mass is 19.1. The van der Waals surface area contributed by atoms with Gasteiger partial charge in [0.1, 0.15) is 11.6 Å². The lowest BCUT2D eigenvalue weighted by atomic mass is 10.1. The summed E-state index contributed by atoms with van der Waals surface area (Å²) in [6.45, 7) is 1.97. The van der Waals surface area contributed by atoms with E-state index >= 15 is 0 Å². The van der Waals surface area contributed by atoms with Crippen molar-refractivity contribution in [2.24, 2.45) is 0 Å². The molecule has 0 fully saturated rings. The van der Waals surface area contributed by atoms with Crippen LogP contribution in [-0.2, 0) is 6.42 Å². The first-order valence-corrected chi connectivity index (χ1v) is 6.10. The second kappa shape index (κ2) is 5.69. The van der Waals surface area contributed by atoms with E-state index in [1.807, 2.05) is 6.92 Å². The highest BCUT2D eigenvalue weighted by Crippen LogP contribution is 2.21. The van der Waals surface area contributed by atoms with Crippen molar-refractivity contribution < 1.29 is 8.78 Å². The SMILES string of the molecule is CC(Cc1ccc(F)cc1)Nc1cc(F)ccc1N. The van der Waals surface area contributed by atoms with Crippen molar-refractivity contribution in [1.82, 2.24) is 0 Å². The molecule has 0 amide bonds. The van der Waals surface area contributed by atoms with Crippen LogP contribution in [0.15, 0.2) is 42.5 Å². The molecule has 0 saturated carbocycles. The molecule has 0 aliphatic carbocycles. The maximum atomic E-state index is 13.1. The van der Waals surface area contributed by atoms with E-state index < -0.39 is 0 Å². The molecular formula is C15H16F2N2. The number of nitrogens with two attached hydrogens (primary N) is 1. The Labute approximate surface area is 111 Å². The first-order valence-electron chi connectivity index (χ1n) is 6.10. The summed E-state index contributed by atoms with van der Waals surface area (Å²) in [6.07, 6.45) is 0.705. The number of hydrogen-bond donors (Lipinski definition) is 2. The molecule has 2 aromatic carbocycles. The molecule has 0 saturated heterocycles. The quantitative estimate of drug-likeness (QED) is 0.826. The molecule has 1 unspecified atom stereocenters. The van der Waals surface area contributed by atoms with Crippen LogP contribution in [0.25, 0.3) is 0 Å². The van der Waals surface area contributed by atoms with Crippen LogP contribution in [0.3, 0.4) is 0 Å². The zero-order valence-electron chi connectivity index (χ0n) is 10.7. The third-order valence-corrected chi connectivity index (χ3v) is 2.87. The fourth-order valence-electron chi connectivity index (χ4n) is 1.94. The number of nitrogen functional groups attached to an aromatic ring is 1. The van der Waals surface area contributed by atoms with E-state index in [0.29, 0.717) is 17.8 Å². The molecule has 3 N–H and O–H groups in total. The Morgan fingerprint density at radius 1 is 1.05 bits per heavy atom. The Morgan fingerprint density at radius 3 is 2.37 bits per heavy atom. The minimum absolute atomic E-state index is 0.0644. The van der Waals surface area contributed by atoms with Crippen molar-refractivity contribution in [3.8, 4) is 0 Å². The van der Waals surface area contributed by atoms with Gasteiger partial charge in [0.15, 0.2) is 0 Å². The largest absolute Gasteiger partial charge is 0.397 e. The molecule has 2 nitrogen and oxygen atoms in total. The molecule has 0 spiro atoms. The van der Waals surface area contributed by atoms with Crippen molar-refractivity contribution >= 4 is 11.4 Å². The summed E-state index contributed by atoms with van der Waals surface area (Å²) in [4.78, 5) is 0. The van der Waals surface area contributed by atoms with Crippen LogP contribution in [-0.4, -0.2) is 6.04 Å². The molecule has 0 radical (unpaired) electrons. The number of anilines is 2. The first-order chi connectivity index (χ1) is 9.04. The second-order valence-corrected chi connectivity index (χ2v) is 4.61. The first kappa shape index (κ1) is 13.3. The summed E-state index contributed by atoms with van der Waals surface area (Å²) in [5.74, 6) is -0.579. The van der Waals surface area contributed by atoms with Crippen LogP contribution in [0.4, 0.5) is 20.2 Å². The van der Waals surface area contributed by atoms with Gasteiger partial charge in [-0.2, -0.15) is 0 Å². The van der Waals surface area contributed by atoms with Crippen molar-refractivity contribution in [2.45, 2.75) is 19.4 Å². The normalized spacial score (nSPS) is 12.2. The Bertz CT molecular complexity index is 553. The minimum Gasteiger partial charge on any atom is -0.397 e. The summed E-state index contributed by atoms with van der Waals surface area (Å²) < 4.78 is 25.9. The maximum absolute atomic E-state index is 13.1. The highest BCUT2D eigenvalue weighted by molar-refractivity contribution is 5.66. The van der Waals surface area contributed by atoms with Crippen molar-refractivity contribution in [2.75, 3.05) is 11.1 Å². The molecule has 2 aromatic rings. The molecule has 0 aliphatic rings. The van der Waals surface area contributed by atoms with Crippen LogP contribution in [0.5, 0.6) is 0 Å². The summed E-state index contributed by atoms with van der Waals surface area (Å²) in [7, 11) is 0. The van der Waals surface area contributed by atoms with E-state index in [-0.39, 0.29) is 17.7 Å². The third kappa shape index (κ3) is 3.68. The van der Waals surface area contributed by atoms with Gasteiger partial charge in [-0.15, -0.1) is 0 Å². The smallest absolute Gasteiger partial charge is 0.125 e. The summed E-state index contributed by atoms with van der Waals surface area (Å²) >= 11 is 0. The number of rotatable bonds is 4. The van der Waals surface area contributed by atoms with Gasteiger partial charge >= 0.3 is 0 Å². The van der Waals surface area contributed by atoms with Crippen molar-refractivity contribution in [3.05, 3.63) is 59.7 Å². The Morgan fingerprint density at radius 2 is 1.68 bits per heavy atom. The van der Waals surface area contributed by atoms with Gasteiger partial charge in [-0.05, 0) is 49.2 Å². The zero-order valence-corrected chi connectivity index (χ0v) is 10.7. The number of hydrogen-bond acceptors (Lipinski definition) is 2. The highest BCUT2D eigenvalue weighted by Gasteiger charge is 2.07. The fourth-order valence-corrected chi connectivity index (χ4v) is 1.94.